The van der Waals surface area contributed by atoms with Gasteiger partial charge in [-0.3, -0.25) is 0 Å². The molecule has 0 saturated carbocycles. The number of hydrogen-bond donors (Lipinski definition) is 2. The van der Waals surface area contributed by atoms with Crippen molar-refractivity contribution in [3.63, 3.8) is 0 Å². The summed E-state index contributed by atoms with van der Waals surface area (Å²) < 4.78 is 0. The Morgan fingerprint density at radius 1 is 0.895 bits per heavy atom. The monoisotopic (exact) mass is 296 g/mol. The van der Waals surface area contributed by atoms with Crippen molar-refractivity contribution in [2.24, 2.45) is 0 Å². The molecule has 0 aliphatic carbocycles. The molecule has 0 bridgehead atoms. The van der Waals surface area contributed by atoms with Gasteiger partial charge in [-0.05, 0) is 48.5 Å². The Morgan fingerprint density at radius 3 is 2.00 bits per heavy atom. The number of amides is 2. The second-order valence-corrected chi connectivity index (χ2v) is 4.49. The molecular weight excluding hydrogens is 287 g/mol. The molecule has 0 aliphatic rings. The van der Waals surface area contributed by atoms with Crippen LogP contribution in [0.4, 0.5) is 10.5 Å². The van der Waals surface area contributed by atoms with Gasteiger partial charge in [-0.25, -0.2) is 4.79 Å². The Balaban J connectivity index is 1.84. The topological polar surface area (TPSA) is 50.4 Å². The molecule has 0 aromatic heterocycles. The Labute approximate surface area is 120 Å². The maximum absolute atomic E-state index is 11.5. The maximum Gasteiger partial charge on any atom is 0.352 e. The minimum atomic E-state index is -0.489. The number of nitrogens with one attached hydrogen (secondary N) is 2. The van der Waals surface area contributed by atoms with E-state index in [1.54, 1.807) is 48.5 Å². The summed E-state index contributed by atoms with van der Waals surface area (Å²) in [4.78, 5) is 16.6. The first-order valence-electron chi connectivity index (χ1n) is 5.38. The van der Waals surface area contributed by atoms with E-state index in [1.807, 2.05) is 0 Å². The number of carbonyl (C=O) groups is 1. The molecule has 98 valence electrons. The third kappa shape index (κ3) is 4.35. The van der Waals surface area contributed by atoms with E-state index >= 15 is 0 Å². The van der Waals surface area contributed by atoms with Crippen molar-refractivity contribution in [1.82, 2.24) is 5.48 Å². The van der Waals surface area contributed by atoms with Crippen LogP contribution in [-0.4, -0.2) is 6.03 Å². The highest BCUT2D eigenvalue weighted by Gasteiger charge is 2.02. The smallest absolute Gasteiger partial charge is 0.352 e. The molecule has 19 heavy (non-hydrogen) atoms. The van der Waals surface area contributed by atoms with Crippen LogP contribution in [0.5, 0.6) is 5.75 Å². The van der Waals surface area contributed by atoms with Gasteiger partial charge in [0.2, 0.25) is 0 Å². The Bertz CT molecular complexity index is 556. The number of hydroxylamine groups is 1. The summed E-state index contributed by atoms with van der Waals surface area (Å²) in [7, 11) is 0. The highest BCUT2D eigenvalue weighted by atomic mass is 35.5. The second-order valence-electron chi connectivity index (χ2n) is 3.62. The first-order valence-corrected chi connectivity index (χ1v) is 6.14. The van der Waals surface area contributed by atoms with E-state index in [9.17, 15) is 4.79 Å². The van der Waals surface area contributed by atoms with E-state index in [1.165, 1.54) is 0 Å². The lowest BCUT2D eigenvalue weighted by molar-refractivity contribution is 0.189. The Kier molecular flexibility index (Phi) is 4.49. The molecule has 0 spiro atoms. The second kappa shape index (κ2) is 6.31. The van der Waals surface area contributed by atoms with E-state index in [4.69, 9.17) is 28.0 Å². The summed E-state index contributed by atoms with van der Waals surface area (Å²) in [6.07, 6.45) is 0. The molecular formula is C13H10Cl2N2O2. The molecule has 0 atom stereocenters. The third-order valence-corrected chi connectivity index (χ3v) is 2.68. The highest BCUT2D eigenvalue weighted by Crippen LogP contribution is 2.15. The zero-order valence-corrected chi connectivity index (χ0v) is 11.2. The summed E-state index contributed by atoms with van der Waals surface area (Å²) in [6, 6.07) is 12.8. The number of carbonyl (C=O) groups excluding carboxylic acids is 1. The summed E-state index contributed by atoms with van der Waals surface area (Å²) in [6.45, 7) is 0. The van der Waals surface area contributed by atoms with Crippen molar-refractivity contribution in [2.75, 3.05) is 5.32 Å². The molecule has 0 unspecified atom stereocenters. The number of benzene rings is 2. The van der Waals surface area contributed by atoms with Gasteiger partial charge < -0.3 is 10.2 Å². The Hall–Kier alpha value is -1.91. The SMILES string of the molecule is O=C(NOc1ccc(Cl)cc1)Nc1ccc(Cl)cc1. The van der Waals surface area contributed by atoms with Gasteiger partial charge in [0.05, 0.1) is 0 Å². The van der Waals surface area contributed by atoms with Crippen molar-refractivity contribution in [3.8, 4) is 5.75 Å². The third-order valence-electron chi connectivity index (χ3n) is 2.18. The summed E-state index contributed by atoms with van der Waals surface area (Å²) in [5, 5.41) is 3.79. The molecule has 0 aliphatic heterocycles. The van der Waals surface area contributed by atoms with Gasteiger partial charge in [-0.2, -0.15) is 5.48 Å². The maximum atomic E-state index is 11.5. The summed E-state index contributed by atoms with van der Waals surface area (Å²) in [5.41, 5.74) is 2.87. The standard InChI is InChI=1S/C13H10Cl2N2O2/c14-9-1-5-11(6-2-9)16-13(18)17-19-12-7-3-10(15)4-8-12/h1-8H,(H2,16,17,18). The minimum absolute atomic E-state index is 0.482. The van der Waals surface area contributed by atoms with E-state index in [0.717, 1.165) is 0 Å². The molecule has 2 rings (SSSR count). The van der Waals surface area contributed by atoms with Crippen LogP contribution in [0.2, 0.25) is 10.0 Å². The number of halogens is 2. The average Bonchev–Trinajstić information content (AvgIpc) is 2.41. The molecule has 0 radical (unpaired) electrons. The van der Waals surface area contributed by atoms with Gasteiger partial charge in [-0.15, -0.1) is 0 Å². The molecule has 4 nitrogen and oxygen atoms in total. The van der Waals surface area contributed by atoms with Crippen LogP contribution >= 0.6 is 23.2 Å². The Morgan fingerprint density at radius 2 is 1.42 bits per heavy atom. The van der Waals surface area contributed by atoms with Gasteiger partial charge >= 0.3 is 6.03 Å². The van der Waals surface area contributed by atoms with Gasteiger partial charge in [0.15, 0.2) is 5.75 Å². The van der Waals surface area contributed by atoms with Crippen LogP contribution < -0.4 is 15.6 Å². The first kappa shape index (κ1) is 13.5. The van der Waals surface area contributed by atoms with Crippen molar-refractivity contribution in [3.05, 3.63) is 58.6 Å². The lowest BCUT2D eigenvalue weighted by Gasteiger charge is -2.08. The van der Waals surface area contributed by atoms with E-state index < -0.39 is 6.03 Å². The normalized spacial score (nSPS) is 9.79. The van der Waals surface area contributed by atoms with Crippen LogP contribution in [0, 0.1) is 0 Å². The average molecular weight is 297 g/mol. The summed E-state index contributed by atoms with van der Waals surface area (Å²) >= 11 is 11.5. The zero-order chi connectivity index (χ0) is 13.7. The van der Waals surface area contributed by atoms with Crippen molar-refractivity contribution in [2.45, 2.75) is 0 Å². The number of hydrogen-bond acceptors (Lipinski definition) is 2. The van der Waals surface area contributed by atoms with E-state index in [0.29, 0.717) is 21.5 Å². The predicted molar refractivity (Wildman–Crippen MR) is 75.7 cm³/mol. The fourth-order valence-corrected chi connectivity index (χ4v) is 1.55. The largest absolute Gasteiger partial charge is 0.378 e. The number of urea groups is 1. The van der Waals surface area contributed by atoms with E-state index in [2.05, 4.69) is 10.8 Å². The molecule has 2 aromatic carbocycles. The van der Waals surface area contributed by atoms with Gasteiger partial charge in [0.25, 0.3) is 0 Å². The molecule has 2 N–H and O–H groups in total. The van der Waals surface area contributed by atoms with Gasteiger partial charge in [0, 0.05) is 15.7 Å². The van der Waals surface area contributed by atoms with Gasteiger partial charge in [0.1, 0.15) is 0 Å². The fraction of sp³-hybridized carbons (Fsp3) is 0. The van der Waals surface area contributed by atoms with Crippen LogP contribution in [0.1, 0.15) is 0 Å². The van der Waals surface area contributed by atoms with Gasteiger partial charge in [-0.1, -0.05) is 23.2 Å². The van der Waals surface area contributed by atoms with Crippen molar-refractivity contribution < 1.29 is 9.63 Å². The molecule has 6 heteroatoms. The molecule has 0 saturated heterocycles. The number of anilines is 1. The molecule has 0 heterocycles. The lowest BCUT2D eigenvalue weighted by Crippen LogP contribution is -2.31. The first-order chi connectivity index (χ1) is 9.13. The highest BCUT2D eigenvalue weighted by molar-refractivity contribution is 6.30. The van der Waals surface area contributed by atoms with Crippen molar-refractivity contribution in [1.29, 1.82) is 0 Å². The molecule has 2 amide bonds. The fourth-order valence-electron chi connectivity index (χ4n) is 1.30. The zero-order valence-electron chi connectivity index (χ0n) is 9.69. The predicted octanol–water partition coefficient (Wildman–Crippen LogP) is 4.11. The van der Waals surface area contributed by atoms with Crippen LogP contribution in [-0.2, 0) is 0 Å². The van der Waals surface area contributed by atoms with Crippen LogP contribution in [0.15, 0.2) is 48.5 Å². The minimum Gasteiger partial charge on any atom is -0.378 e. The van der Waals surface area contributed by atoms with Crippen molar-refractivity contribution >= 4 is 34.9 Å². The van der Waals surface area contributed by atoms with Crippen LogP contribution in [0.25, 0.3) is 0 Å². The molecule has 2 aromatic rings. The molecule has 0 fully saturated rings. The number of rotatable bonds is 3. The van der Waals surface area contributed by atoms with E-state index in [-0.39, 0.29) is 0 Å². The van der Waals surface area contributed by atoms with Crippen LogP contribution in [0.3, 0.4) is 0 Å². The summed E-state index contributed by atoms with van der Waals surface area (Å²) in [5.74, 6) is 0.482. The quantitative estimate of drug-likeness (QED) is 0.838. The lowest BCUT2D eigenvalue weighted by atomic mass is 10.3.